The number of benzene rings is 3. The summed E-state index contributed by atoms with van der Waals surface area (Å²) >= 11 is 0. The van der Waals surface area contributed by atoms with Crippen molar-refractivity contribution >= 4 is 5.97 Å². The molecule has 0 spiro atoms. The SMILES string of the molecule is Cc1cccc(C(=O)Oc2ccc(Oc3ccccc3)cc2)c1C. The summed E-state index contributed by atoms with van der Waals surface area (Å²) < 4.78 is 11.2. The topological polar surface area (TPSA) is 35.5 Å². The predicted molar refractivity (Wildman–Crippen MR) is 93.8 cm³/mol. The molecule has 0 amide bonds. The summed E-state index contributed by atoms with van der Waals surface area (Å²) in [7, 11) is 0. The third kappa shape index (κ3) is 3.63. The lowest BCUT2D eigenvalue weighted by Crippen LogP contribution is -2.10. The lowest BCUT2D eigenvalue weighted by molar-refractivity contribution is 0.0734. The van der Waals surface area contributed by atoms with E-state index < -0.39 is 0 Å². The van der Waals surface area contributed by atoms with Crippen molar-refractivity contribution < 1.29 is 14.3 Å². The zero-order chi connectivity index (χ0) is 16.9. The highest BCUT2D eigenvalue weighted by Crippen LogP contribution is 2.24. The van der Waals surface area contributed by atoms with Gasteiger partial charge in [-0.3, -0.25) is 0 Å². The molecule has 0 radical (unpaired) electrons. The van der Waals surface area contributed by atoms with Crippen LogP contribution < -0.4 is 9.47 Å². The number of carbonyl (C=O) groups is 1. The number of rotatable bonds is 4. The maximum absolute atomic E-state index is 12.3. The predicted octanol–water partition coefficient (Wildman–Crippen LogP) is 5.31. The van der Waals surface area contributed by atoms with Gasteiger partial charge in [-0.15, -0.1) is 0 Å². The molecule has 0 fully saturated rings. The fourth-order valence-corrected chi connectivity index (χ4v) is 2.33. The molecule has 0 aliphatic carbocycles. The first-order valence-corrected chi connectivity index (χ1v) is 7.75. The van der Waals surface area contributed by atoms with E-state index in [9.17, 15) is 4.79 Å². The van der Waals surface area contributed by atoms with Gasteiger partial charge in [-0.1, -0.05) is 30.3 Å². The summed E-state index contributed by atoms with van der Waals surface area (Å²) in [5.41, 5.74) is 2.59. The number of aryl methyl sites for hydroxylation is 1. The van der Waals surface area contributed by atoms with E-state index in [1.807, 2.05) is 56.3 Å². The van der Waals surface area contributed by atoms with E-state index in [0.29, 0.717) is 17.1 Å². The molecule has 0 N–H and O–H groups in total. The van der Waals surface area contributed by atoms with Crippen molar-refractivity contribution in [1.29, 1.82) is 0 Å². The Morgan fingerprint density at radius 1 is 0.708 bits per heavy atom. The van der Waals surface area contributed by atoms with Gasteiger partial charge in [0.25, 0.3) is 0 Å². The van der Waals surface area contributed by atoms with Crippen LogP contribution in [0.15, 0.2) is 72.8 Å². The second kappa shape index (κ2) is 7.01. The lowest BCUT2D eigenvalue weighted by atomic mass is 10.0. The van der Waals surface area contributed by atoms with E-state index in [1.165, 1.54) is 0 Å². The summed E-state index contributed by atoms with van der Waals surface area (Å²) in [5, 5.41) is 0. The minimum atomic E-state index is -0.354. The highest BCUT2D eigenvalue weighted by atomic mass is 16.5. The number of hydrogen-bond donors (Lipinski definition) is 0. The van der Waals surface area contributed by atoms with E-state index in [-0.39, 0.29) is 5.97 Å². The van der Waals surface area contributed by atoms with Crippen molar-refractivity contribution in [2.24, 2.45) is 0 Å². The van der Waals surface area contributed by atoms with Crippen molar-refractivity contribution in [3.05, 3.63) is 89.5 Å². The smallest absolute Gasteiger partial charge is 0.343 e. The molecule has 120 valence electrons. The maximum atomic E-state index is 12.3. The van der Waals surface area contributed by atoms with Gasteiger partial charge in [0.05, 0.1) is 5.56 Å². The molecule has 0 atom stereocenters. The summed E-state index contributed by atoms with van der Waals surface area (Å²) in [4.78, 5) is 12.3. The Labute approximate surface area is 141 Å². The van der Waals surface area contributed by atoms with Crippen LogP contribution in [0.5, 0.6) is 17.2 Å². The molecule has 3 aromatic carbocycles. The molecule has 0 aromatic heterocycles. The third-order valence-electron chi connectivity index (χ3n) is 3.84. The van der Waals surface area contributed by atoms with Crippen LogP contribution in [0.1, 0.15) is 21.5 Å². The van der Waals surface area contributed by atoms with Crippen LogP contribution in [0.25, 0.3) is 0 Å². The van der Waals surface area contributed by atoms with E-state index in [4.69, 9.17) is 9.47 Å². The van der Waals surface area contributed by atoms with Crippen LogP contribution in [0, 0.1) is 13.8 Å². The second-order valence-electron chi connectivity index (χ2n) is 5.52. The first-order chi connectivity index (χ1) is 11.6. The Morgan fingerprint density at radius 2 is 1.33 bits per heavy atom. The van der Waals surface area contributed by atoms with Crippen LogP contribution in [-0.4, -0.2) is 5.97 Å². The summed E-state index contributed by atoms with van der Waals surface area (Å²) in [6.07, 6.45) is 0. The van der Waals surface area contributed by atoms with Gasteiger partial charge in [-0.25, -0.2) is 4.79 Å². The average molecular weight is 318 g/mol. The van der Waals surface area contributed by atoms with Crippen molar-refractivity contribution in [1.82, 2.24) is 0 Å². The van der Waals surface area contributed by atoms with Crippen molar-refractivity contribution in [3.8, 4) is 17.2 Å². The van der Waals surface area contributed by atoms with Crippen molar-refractivity contribution in [3.63, 3.8) is 0 Å². The molecule has 0 saturated heterocycles. The highest BCUT2D eigenvalue weighted by Gasteiger charge is 2.12. The molecule has 0 unspecified atom stereocenters. The zero-order valence-corrected chi connectivity index (χ0v) is 13.7. The van der Waals surface area contributed by atoms with Gasteiger partial charge in [-0.05, 0) is 67.4 Å². The average Bonchev–Trinajstić information content (AvgIpc) is 2.60. The molecular weight excluding hydrogens is 300 g/mol. The number of esters is 1. The standard InChI is InChI=1S/C21H18O3/c1-15-7-6-10-20(16(15)2)21(22)24-19-13-11-18(12-14-19)23-17-8-4-3-5-9-17/h3-14H,1-2H3. The molecule has 3 heteroatoms. The molecule has 24 heavy (non-hydrogen) atoms. The van der Waals surface area contributed by atoms with Crippen molar-refractivity contribution in [2.75, 3.05) is 0 Å². The first-order valence-electron chi connectivity index (χ1n) is 7.75. The lowest BCUT2D eigenvalue weighted by Gasteiger charge is -2.09. The molecule has 0 heterocycles. The monoisotopic (exact) mass is 318 g/mol. The fraction of sp³-hybridized carbons (Fsp3) is 0.0952. The van der Waals surface area contributed by atoms with Gasteiger partial charge >= 0.3 is 5.97 Å². The zero-order valence-electron chi connectivity index (χ0n) is 13.7. The third-order valence-corrected chi connectivity index (χ3v) is 3.84. The van der Waals surface area contributed by atoms with Gasteiger partial charge in [0, 0.05) is 0 Å². The Bertz CT molecular complexity index is 837. The van der Waals surface area contributed by atoms with Gasteiger partial charge in [-0.2, -0.15) is 0 Å². The molecule has 0 bridgehead atoms. The van der Waals surface area contributed by atoms with Crippen molar-refractivity contribution in [2.45, 2.75) is 13.8 Å². The first kappa shape index (κ1) is 15.8. The van der Waals surface area contributed by atoms with Crippen LogP contribution in [0.2, 0.25) is 0 Å². The van der Waals surface area contributed by atoms with E-state index in [1.54, 1.807) is 30.3 Å². The quantitative estimate of drug-likeness (QED) is 0.483. The number of carbonyl (C=O) groups excluding carboxylic acids is 1. The Kier molecular flexibility index (Phi) is 4.62. The van der Waals surface area contributed by atoms with Crippen LogP contribution in [0.3, 0.4) is 0 Å². The van der Waals surface area contributed by atoms with E-state index in [2.05, 4.69) is 0 Å². The summed E-state index contributed by atoms with van der Waals surface area (Å²) in [5.74, 6) is 1.58. The Balaban J connectivity index is 1.70. The molecule has 3 rings (SSSR count). The molecule has 0 saturated carbocycles. The number of para-hydroxylation sites is 1. The molecular formula is C21H18O3. The maximum Gasteiger partial charge on any atom is 0.343 e. The van der Waals surface area contributed by atoms with Gasteiger partial charge in [0.15, 0.2) is 0 Å². The Hall–Kier alpha value is -3.07. The Morgan fingerprint density at radius 3 is 2.04 bits per heavy atom. The van der Waals surface area contributed by atoms with E-state index >= 15 is 0 Å². The van der Waals surface area contributed by atoms with Gasteiger partial charge in [0.2, 0.25) is 0 Å². The summed E-state index contributed by atoms with van der Waals surface area (Å²) in [6, 6.07) is 22.1. The fourth-order valence-electron chi connectivity index (χ4n) is 2.33. The second-order valence-corrected chi connectivity index (χ2v) is 5.52. The minimum Gasteiger partial charge on any atom is -0.457 e. The molecule has 3 aromatic rings. The van der Waals surface area contributed by atoms with Gasteiger partial charge in [0.1, 0.15) is 17.2 Å². The van der Waals surface area contributed by atoms with Crippen LogP contribution >= 0.6 is 0 Å². The largest absolute Gasteiger partial charge is 0.457 e. The number of hydrogen-bond acceptors (Lipinski definition) is 3. The minimum absolute atomic E-state index is 0.354. The van der Waals surface area contributed by atoms with Crippen LogP contribution in [0.4, 0.5) is 0 Å². The molecule has 0 aliphatic rings. The van der Waals surface area contributed by atoms with Crippen LogP contribution in [-0.2, 0) is 0 Å². The molecule has 3 nitrogen and oxygen atoms in total. The van der Waals surface area contributed by atoms with Gasteiger partial charge < -0.3 is 9.47 Å². The van der Waals surface area contributed by atoms with E-state index in [0.717, 1.165) is 16.9 Å². The summed E-state index contributed by atoms with van der Waals surface area (Å²) in [6.45, 7) is 3.89. The highest BCUT2D eigenvalue weighted by molar-refractivity contribution is 5.92. The number of ether oxygens (including phenoxy) is 2. The molecule has 0 aliphatic heterocycles. The normalized spacial score (nSPS) is 10.2.